The highest BCUT2D eigenvalue weighted by Gasteiger charge is 2.48. The number of nitrogens with zero attached hydrogens (tertiary/aromatic N) is 3. The Hall–Kier alpha value is -4.27. The molecule has 0 saturated carbocycles. The summed E-state index contributed by atoms with van der Waals surface area (Å²) in [7, 11) is 0. The molecule has 1 aliphatic heterocycles. The van der Waals surface area contributed by atoms with Crippen LogP contribution < -0.4 is 4.90 Å². The summed E-state index contributed by atoms with van der Waals surface area (Å²) in [6.45, 7) is 5.63. The Kier molecular flexibility index (Phi) is 6.50. The van der Waals surface area contributed by atoms with Gasteiger partial charge in [-0.05, 0) is 42.3 Å². The van der Waals surface area contributed by atoms with Crippen molar-refractivity contribution < 1.29 is 29.1 Å². The van der Waals surface area contributed by atoms with Crippen molar-refractivity contribution >= 4 is 29.1 Å². The number of aliphatic hydroxyl groups is 1. The molecule has 1 unspecified atom stereocenters. The summed E-state index contributed by atoms with van der Waals surface area (Å²) < 4.78 is 5.02. The van der Waals surface area contributed by atoms with Gasteiger partial charge in [-0.15, -0.1) is 0 Å². The summed E-state index contributed by atoms with van der Waals surface area (Å²) in [4.78, 5) is 43.2. The molecule has 2 N–H and O–H groups in total. The molecular weight excluding hydrogens is 450 g/mol. The topological polar surface area (TPSA) is 134 Å². The van der Waals surface area contributed by atoms with Gasteiger partial charge in [0.2, 0.25) is 11.7 Å². The van der Waals surface area contributed by atoms with E-state index in [1.165, 1.54) is 29.2 Å². The van der Waals surface area contributed by atoms with Crippen molar-refractivity contribution in [2.24, 2.45) is 5.92 Å². The number of carboxylic acids is 1. The maximum Gasteiger partial charge on any atom is 0.335 e. The van der Waals surface area contributed by atoms with Crippen molar-refractivity contribution in [3.63, 3.8) is 0 Å². The number of carbonyl (C=O) groups excluding carboxylic acids is 2. The molecule has 1 aliphatic rings. The minimum Gasteiger partial charge on any atom is -0.507 e. The average molecular weight is 476 g/mol. The second kappa shape index (κ2) is 9.54. The third-order valence-corrected chi connectivity index (χ3v) is 6.32. The van der Waals surface area contributed by atoms with Crippen LogP contribution in [0.15, 0.2) is 58.6 Å². The quantitative estimate of drug-likeness (QED) is 0.291. The van der Waals surface area contributed by atoms with Crippen LogP contribution in [0.3, 0.4) is 0 Å². The molecule has 180 valence electrons. The number of ketones is 1. The zero-order chi connectivity index (χ0) is 25.3. The van der Waals surface area contributed by atoms with Crippen LogP contribution in [0.5, 0.6) is 0 Å². The molecule has 3 aromatic rings. The fourth-order valence-electron chi connectivity index (χ4n) is 4.44. The maximum absolute atomic E-state index is 13.2. The highest BCUT2D eigenvalue weighted by Crippen LogP contribution is 2.39. The van der Waals surface area contributed by atoms with Gasteiger partial charge in [-0.2, -0.15) is 4.98 Å². The van der Waals surface area contributed by atoms with E-state index in [0.29, 0.717) is 35.8 Å². The van der Waals surface area contributed by atoms with Gasteiger partial charge in [0.05, 0.1) is 17.2 Å². The fraction of sp³-hybridized carbons (Fsp3) is 0.269. The van der Waals surface area contributed by atoms with Crippen LogP contribution in [0.25, 0.3) is 17.1 Å². The predicted molar refractivity (Wildman–Crippen MR) is 128 cm³/mol. The number of hydrogen-bond acceptors (Lipinski definition) is 7. The molecule has 2 aromatic carbocycles. The lowest BCUT2D eigenvalue weighted by Gasteiger charge is -2.31. The number of aliphatic hydroxyl groups excluding tert-OH is 1. The minimum absolute atomic E-state index is 0.0182. The number of anilines is 1. The SMILES string of the molecule is CCC(CC)C1C(=C(O)c2ccc(C(=O)O)cc2)C(=O)C(=O)N1c1ccc(-c2noc(C)n2)cc1. The van der Waals surface area contributed by atoms with Gasteiger partial charge in [0.15, 0.2) is 0 Å². The molecule has 1 aromatic heterocycles. The Morgan fingerprint density at radius 3 is 2.11 bits per heavy atom. The van der Waals surface area contributed by atoms with Crippen LogP contribution in [-0.2, 0) is 9.59 Å². The predicted octanol–water partition coefficient (Wildman–Crippen LogP) is 4.43. The van der Waals surface area contributed by atoms with E-state index in [2.05, 4.69) is 10.1 Å². The number of aryl methyl sites for hydroxylation is 1. The van der Waals surface area contributed by atoms with E-state index in [4.69, 9.17) is 9.63 Å². The molecule has 1 amide bonds. The van der Waals surface area contributed by atoms with Crippen molar-refractivity contribution in [3.8, 4) is 11.4 Å². The Morgan fingerprint density at radius 2 is 1.60 bits per heavy atom. The van der Waals surface area contributed by atoms with Gasteiger partial charge in [-0.1, -0.05) is 44.0 Å². The van der Waals surface area contributed by atoms with E-state index in [1.54, 1.807) is 31.2 Å². The Bertz CT molecular complexity index is 1300. The van der Waals surface area contributed by atoms with Gasteiger partial charge in [-0.25, -0.2) is 4.79 Å². The third-order valence-electron chi connectivity index (χ3n) is 6.32. The van der Waals surface area contributed by atoms with Crippen LogP contribution in [0, 0.1) is 12.8 Å². The number of benzene rings is 2. The molecule has 9 heteroatoms. The lowest BCUT2D eigenvalue weighted by molar-refractivity contribution is -0.132. The van der Waals surface area contributed by atoms with E-state index in [0.717, 1.165) is 0 Å². The monoisotopic (exact) mass is 475 g/mol. The first-order valence-electron chi connectivity index (χ1n) is 11.3. The van der Waals surface area contributed by atoms with E-state index >= 15 is 0 Å². The zero-order valence-corrected chi connectivity index (χ0v) is 19.6. The second-order valence-electron chi connectivity index (χ2n) is 8.35. The summed E-state index contributed by atoms with van der Waals surface area (Å²) in [6, 6.07) is 11.8. The van der Waals surface area contributed by atoms with Gasteiger partial charge in [0.1, 0.15) is 5.76 Å². The summed E-state index contributed by atoms with van der Waals surface area (Å²) in [5.74, 6) is -2.18. The number of carbonyl (C=O) groups is 3. The second-order valence-corrected chi connectivity index (χ2v) is 8.35. The van der Waals surface area contributed by atoms with Gasteiger partial charge in [-0.3, -0.25) is 14.5 Å². The van der Waals surface area contributed by atoms with E-state index in [-0.39, 0.29) is 28.4 Å². The number of hydrogen-bond donors (Lipinski definition) is 2. The molecule has 0 radical (unpaired) electrons. The Labute approximate surface area is 201 Å². The Morgan fingerprint density at radius 1 is 1.00 bits per heavy atom. The van der Waals surface area contributed by atoms with Crippen molar-refractivity contribution in [2.45, 2.75) is 39.7 Å². The fourth-order valence-corrected chi connectivity index (χ4v) is 4.44. The normalized spacial score (nSPS) is 17.4. The first kappa shape index (κ1) is 23.9. The lowest BCUT2D eigenvalue weighted by Crippen LogP contribution is -2.39. The molecule has 1 fully saturated rings. The number of amides is 1. The highest BCUT2D eigenvalue weighted by molar-refractivity contribution is 6.51. The van der Waals surface area contributed by atoms with Gasteiger partial charge >= 0.3 is 5.97 Å². The number of aromatic carboxylic acids is 1. The number of aromatic nitrogens is 2. The highest BCUT2D eigenvalue weighted by atomic mass is 16.5. The van der Waals surface area contributed by atoms with Gasteiger partial charge in [0.25, 0.3) is 11.7 Å². The average Bonchev–Trinajstić information content (AvgIpc) is 3.41. The largest absolute Gasteiger partial charge is 0.507 e. The van der Waals surface area contributed by atoms with E-state index in [9.17, 15) is 19.5 Å². The molecule has 9 nitrogen and oxygen atoms in total. The van der Waals surface area contributed by atoms with Crippen LogP contribution in [0.2, 0.25) is 0 Å². The van der Waals surface area contributed by atoms with Gasteiger partial charge in [0, 0.05) is 23.7 Å². The van der Waals surface area contributed by atoms with Crippen molar-refractivity contribution in [2.75, 3.05) is 4.90 Å². The number of carboxylic acid groups (broad SMARTS) is 1. The third kappa shape index (κ3) is 4.32. The molecule has 0 bridgehead atoms. The van der Waals surface area contributed by atoms with Crippen LogP contribution in [-0.4, -0.2) is 44.1 Å². The van der Waals surface area contributed by atoms with Crippen LogP contribution in [0.1, 0.15) is 48.5 Å². The summed E-state index contributed by atoms with van der Waals surface area (Å²) in [5, 5.41) is 24.2. The van der Waals surface area contributed by atoms with E-state index in [1.807, 2.05) is 13.8 Å². The maximum atomic E-state index is 13.2. The van der Waals surface area contributed by atoms with Crippen molar-refractivity contribution in [3.05, 3.63) is 71.1 Å². The molecule has 0 spiro atoms. The van der Waals surface area contributed by atoms with Crippen LogP contribution >= 0.6 is 0 Å². The summed E-state index contributed by atoms with van der Waals surface area (Å²) >= 11 is 0. The first-order chi connectivity index (χ1) is 16.8. The molecule has 1 saturated heterocycles. The van der Waals surface area contributed by atoms with Crippen molar-refractivity contribution in [1.82, 2.24) is 10.1 Å². The van der Waals surface area contributed by atoms with E-state index < -0.39 is 23.7 Å². The zero-order valence-electron chi connectivity index (χ0n) is 19.6. The Balaban J connectivity index is 1.79. The number of Topliss-reactive ketones (excluding diaryl/α,β-unsaturated/α-hetero) is 1. The number of rotatable bonds is 7. The molecule has 35 heavy (non-hydrogen) atoms. The lowest BCUT2D eigenvalue weighted by atomic mass is 9.87. The summed E-state index contributed by atoms with van der Waals surface area (Å²) in [5.41, 5.74) is 1.54. The van der Waals surface area contributed by atoms with Gasteiger partial charge < -0.3 is 14.7 Å². The summed E-state index contributed by atoms with van der Waals surface area (Å²) in [6.07, 6.45) is 1.35. The first-order valence-corrected chi connectivity index (χ1v) is 11.3. The van der Waals surface area contributed by atoms with Crippen LogP contribution in [0.4, 0.5) is 5.69 Å². The van der Waals surface area contributed by atoms with Crippen molar-refractivity contribution in [1.29, 1.82) is 0 Å². The molecule has 2 heterocycles. The molecule has 0 aliphatic carbocycles. The molecular formula is C26H25N3O6. The molecule has 4 rings (SSSR count). The minimum atomic E-state index is -1.10. The smallest absolute Gasteiger partial charge is 0.335 e. The molecule has 1 atom stereocenters. The standard InChI is InChI=1S/C26H25N3O6/c1-4-15(5-2)21-20(22(30)16-6-8-18(9-7-16)26(33)34)23(31)25(32)29(21)19-12-10-17(11-13-19)24-27-14(3)35-28-24/h6-13,15,21,30H,4-5H2,1-3H3,(H,33,34).